The van der Waals surface area contributed by atoms with Gasteiger partial charge >= 0.3 is 5.69 Å². The van der Waals surface area contributed by atoms with Crippen LogP contribution in [0.4, 0.5) is 0 Å². The zero-order valence-electron chi connectivity index (χ0n) is 13.3. The summed E-state index contributed by atoms with van der Waals surface area (Å²) in [5, 5.41) is 0. The van der Waals surface area contributed by atoms with Gasteiger partial charge in [0, 0.05) is 14.1 Å². The number of aryl methyl sites for hydroxylation is 1. The average Bonchev–Trinajstić information content (AvgIpc) is 3.01. The fraction of sp³-hybridized carbons (Fsp3) is 0.188. The summed E-state index contributed by atoms with van der Waals surface area (Å²) in [6, 6.07) is 5.66. The molecule has 0 atom stereocenters. The summed E-state index contributed by atoms with van der Waals surface area (Å²) in [7, 11) is 4.63. The second-order valence-corrected chi connectivity index (χ2v) is 6.11. The topological polar surface area (TPSA) is 81.9 Å². The minimum atomic E-state index is -0.409. The van der Waals surface area contributed by atoms with Gasteiger partial charge in [0.15, 0.2) is 5.65 Å². The summed E-state index contributed by atoms with van der Waals surface area (Å²) in [5.41, 5.74) is 0.764. The van der Waals surface area contributed by atoms with Crippen molar-refractivity contribution < 1.29 is 4.74 Å². The first-order valence-electron chi connectivity index (χ1n) is 7.09. The molecule has 0 radical (unpaired) electrons. The number of rotatable bonds is 3. The number of aromatic amines is 1. The van der Waals surface area contributed by atoms with Gasteiger partial charge in [-0.2, -0.15) is 0 Å². The van der Waals surface area contributed by atoms with Gasteiger partial charge in [-0.15, -0.1) is 0 Å². The third kappa shape index (κ3) is 2.69. The van der Waals surface area contributed by atoms with Gasteiger partial charge in [-0.05, 0) is 39.7 Å². The number of H-pyrrole nitrogens is 1. The molecule has 124 valence electrons. The summed E-state index contributed by atoms with van der Waals surface area (Å²) < 4.78 is 8.43. The normalized spacial score (nSPS) is 11.5. The summed E-state index contributed by atoms with van der Waals surface area (Å²) >= 11 is 3.43. The van der Waals surface area contributed by atoms with Crippen LogP contribution in [-0.4, -0.2) is 26.2 Å². The van der Waals surface area contributed by atoms with Gasteiger partial charge < -0.3 is 9.72 Å². The fourth-order valence-electron chi connectivity index (χ4n) is 2.38. The molecular weight excluding hydrogens is 376 g/mol. The molecule has 0 saturated heterocycles. The first kappa shape index (κ1) is 16.3. The second-order valence-electron chi connectivity index (χ2n) is 5.25. The molecule has 0 unspecified atom stereocenters. The number of hydrogen-bond acceptors (Lipinski definition) is 4. The maximum atomic E-state index is 12.1. The Morgan fingerprint density at radius 1 is 1.21 bits per heavy atom. The molecule has 3 rings (SSSR count). The van der Waals surface area contributed by atoms with Crippen LogP contribution in [0.2, 0.25) is 0 Å². The van der Waals surface area contributed by atoms with Crippen molar-refractivity contribution in [1.29, 1.82) is 0 Å². The zero-order valence-corrected chi connectivity index (χ0v) is 14.9. The molecule has 0 aliphatic rings. The van der Waals surface area contributed by atoms with Crippen molar-refractivity contribution in [2.24, 2.45) is 14.1 Å². The van der Waals surface area contributed by atoms with Gasteiger partial charge in [0.2, 0.25) is 0 Å². The van der Waals surface area contributed by atoms with Crippen molar-refractivity contribution in [3.63, 3.8) is 0 Å². The van der Waals surface area contributed by atoms with E-state index in [-0.39, 0.29) is 0 Å². The maximum Gasteiger partial charge on any atom is 0.332 e. The van der Waals surface area contributed by atoms with E-state index in [0.717, 1.165) is 20.4 Å². The van der Waals surface area contributed by atoms with E-state index in [1.54, 1.807) is 20.2 Å². The summed E-state index contributed by atoms with van der Waals surface area (Å²) in [4.78, 5) is 31.3. The smallest absolute Gasteiger partial charge is 0.332 e. The van der Waals surface area contributed by atoms with E-state index >= 15 is 0 Å². The highest BCUT2D eigenvalue weighted by molar-refractivity contribution is 9.10. The molecule has 2 heterocycles. The average molecular weight is 391 g/mol. The van der Waals surface area contributed by atoms with Crippen molar-refractivity contribution >= 4 is 39.2 Å². The number of halogens is 1. The minimum absolute atomic E-state index is 0.301. The Kier molecular flexibility index (Phi) is 4.15. The van der Waals surface area contributed by atoms with E-state index in [0.29, 0.717) is 17.0 Å². The number of hydrogen-bond donors (Lipinski definition) is 1. The van der Waals surface area contributed by atoms with Gasteiger partial charge in [-0.1, -0.05) is 12.1 Å². The lowest BCUT2D eigenvalue weighted by atomic mass is 10.2. The Morgan fingerprint density at radius 2 is 1.96 bits per heavy atom. The van der Waals surface area contributed by atoms with Crippen LogP contribution in [0, 0.1) is 0 Å². The Morgan fingerprint density at radius 3 is 2.62 bits per heavy atom. The molecule has 7 nitrogen and oxygen atoms in total. The summed E-state index contributed by atoms with van der Waals surface area (Å²) in [6.07, 6.45) is 3.60. The molecule has 1 aromatic carbocycles. The molecule has 8 heteroatoms. The molecular formula is C16H15BrN4O3. The van der Waals surface area contributed by atoms with Crippen LogP contribution in [0.15, 0.2) is 32.3 Å². The van der Waals surface area contributed by atoms with E-state index in [2.05, 4.69) is 25.9 Å². The molecule has 0 bridgehead atoms. The molecule has 1 N–H and O–H groups in total. The molecule has 0 aliphatic carbocycles. The van der Waals surface area contributed by atoms with Gasteiger partial charge in [0.25, 0.3) is 5.56 Å². The van der Waals surface area contributed by atoms with Crippen LogP contribution >= 0.6 is 15.9 Å². The number of nitrogens with zero attached hydrogens (tertiary/aromatic N) is 3. The monoisotopic (exact) mass is 390 g/mol. The Labute approximate surface area is 145 Å². The number of benzene rings is 1. The van der Waals surface area contributed by atoms with Crippen LogP contribution in [-0.2, 0) is 14.1 Å². The van der Waals surface area contributed by atoms with Gasteiger partial charge in [0.1, 0.15) is 17.1 Å². The number of ether oxygens (including phenoxy) is 1. The molecule has 24 heavy (non-hydrogen) atoms. The van der Waals surface area contributed by atoms with Crippen molar-refractivity contribution in [3.05, 3.63) is 54.9 Å². The predicted molar refractivity (Wildman–Crippen MR) is 96.2 cm³/mol. The first-order valence-corrected chi connectivity index (χ1v) is 7.89. The number of methoxy groups -OCH3 is 1. The lowest BCUT2D eigenvalue weighted by Crippen LogP contribution is -2.36. The Bertz CT molecular complexity index is 1080. The van der Waals surface area contributed by atoms with Crippen LogP contribution in [0.1, 0.15) is 11.4 Å². The van der Waals surface area contributed by atoms with Crippen LogP contribution in [0.25, 0.3) is 23.3 Å². The van der Waals surface area contributed by atoms with Crippen LogP contribution in [0.3, 0.4) is 0 Å². The third-order valence-corrected chi connectivity index (χ3v) is 4.34. The zero-order chi connectivity index (χ0) is 17.4. The van der Waals surface area contributed by atoms with E-state index < -0.39 is 11.2 Å². The van der Waals surface area contributed by atoms with Crippen molar-refractivity contribution in [1.82, 2.24) is 19.1 Å². The quantitative estimate of drug-likeness (QED) is 0.740. The largest absolute Gasteiger partial charge is 0.496 e. The molecule has 0 aliphatic heterocycles. The molecule has 0 fully saturated rings. The standard InChI is InChI=1S/C16H15BrN4O3/c1-20-14-13(15(22)21(2)16(20)23)18-12(19-14)7-5-9-4-6-11(24-3)10(17)8-9/h4-8H,1-3H3,(H,18,19)/b7-5+. The van der Waals surface area contributed by atoms with E-state index in [9.17, 15) is 9.59 Å². The molecule has 3 aromatic rings. The third-order valence-electron chi connectivity index (χ3n) is 3.72. The van der Waals surface area contributed by atoms with Crippen LogP contribution in [0.5, 0.6) is 5.75 Å². The Hall–Kier alpha value is -2.61. The lowest BCUT2D eigenvalue weighted by molar-refractivity contribution is 0.412. The number of imidazole rings is 1. The fourth-order valence-corrected chi connectivity index (χ4v) is 2.94. The van der Waals surface area contributed by atoms with E-state index in [4.69, 9.17) is 4.74 Å². The second kappa shape index (κ2) is 6.12. The highest BCUT2D eigenvalue weighted by Crippen LogP contribution is 2.26. The highest BCUT2D eigenvalue weighted by atomic mass is 79.9. The Balaban J connectivity index is 2.03. The molecule has 0 spiro atoms. The number of fused-ring (bicyclic) bond motifs is 1. The van der Waals surface area contributed by atoms with Crippen molar-refractivity contribution in [3.8, 4) is 5.75 Å². The minimum Gasteiger partial charge on any atom is -0.496 e. The van der Waals surface area contributed by atoms with Gasteiger partial charge in [-0.25, -0.2) is 9.78 Å². The first-order chi connectivity index (χ1) is 11.4. The van der Waals surface area contributed by atoms with Gasteiger partial charge in [-0.3, -0.25) is 13.9 Å². The molecule has 2 aromatic heterocycles. The SMILES string of the molecule is COc1ccc(/C=C/c2nc3c([nH]2)c(=O)n(C)c(=O)n3C)cc1Br. The number of nitrogens with one attached hydrogen (secondary N) is 1. The molecule has 0 amide bonds. The summed E-state index contributed by atoms with van der Waals surface area (Å²) in [5.74, 6) is 1.24. The molecule has 0 saturated carbocycles. The van der Waals surface area contributed by atoms with E-state index in [1.807, 2.05) is 24.3 Å². The van der Waals surface area contributed by atoms with Gasteiger partial charge in [0.05, 0.1) is 11.6 Å². The highest BCUT2D eigenvalue weighted by Gasteiger charge is 2.12. The van der Waals surface area contributed by atoms with Crippen molar-refractivity contribution in [2.75, 3.05) is 7.11 Å². The van der Waals surface area contributed by atoms with Crippen LogP contribution < -0.4 is 16.0 Å². The lowest BCUT2D eigenvalue weighted by Gasteiger charge is -2.03. The summed E-state index contributed by atoms with van der Waals surface area (Å²) in [6.45, 7) is 0. The number of aromatic nitrogens is 4. The maximum absolute atomic E-state index is 12.1. The van der Waals surface area contributed by atoms with E-state index in [1.165, 1.54) is 11.6 Å². The predicted octanol–water partition coefficient (Wildman–Crippen LogP) is 1.90. The van der Waals surface area contributed by atoms with Crippen molar-refractivity contribution in [2.45, 2.75) is 0 Å².